The molecule has 1 amide bonds. The molecule has 7 heteroatoms. The van der Waals surface area contributed by atoms with Gasteiger partial charge >= 0.3 is 0 Å². The van der Waals surface area contributed by atoms with Crippen LogP contribution in [0.5, 0.6) is 0 Å². The van der Waals surface area contributed by atoms with E-state index in [9.17, 15) is 13.2 Å². The zero-order valence-corrected chi connectivity index (χ0v) is 12.6. The standard InChI is InChI=1S/C13H19N3O3S/c1-9-4-5-11(20(18,19)16(2)3)6-12(9)15-13(17)10-7-14-8-10/h4-6,10,14H,7-8H2,1-3H3,(H,15,17). The molecule has 2 N–H and O–H groups in total. The van der Waals surface area contributed by atoms with Crippen LogP contribution in [0, 0.1) is 12.8 Å². The zero-order valence-electron chi connectivity index (χ0n) is 11.8. The Morgan fingerprint density at radius 1 is 1.35 bits per heavy atom. The van der Waals surface area contributed by atoms with Crippen LogP contribution in [0.25, 0.3) is 0 Å². The van der Waals surface area contributed by atoms with Crippen LogP contribution in [-0.2, 0) is 14.8 Å². The third-order valence-corrected chi connectivity index (χ3v) is 5.21. The first kappa shape index (κ1) is 15.0. The number of amides is 1. The maximum Gasteiger partial charge on any atom is 0.242 e. The highest BCUT2D eigenvalue weighted by Gasteiger charge is 2.25. The summed E-state index contributed by atoms with van der Waals surface area (Å²) in [6.07, 6.45) is 0. The number of hydrogen-bond donors (Lipinski definition) is 2. The number of rotatable bonds is 4. The van der Waals surface area contributed by atoms with Gasteiger partial charge in [-0.15, -0.1) is 0 Å². The molecular formula is C13H19N3O3S. The molecule has 0 aromatic heterocycles. The van der Waals surface area contributed by atoms with E-state index >= 15 is 0 Å². The Labute approximate surface area is 119 Å². The molecule has 0 radical (unpaired) electrons. The molecular weight excluding hydrogens is 278 g/mol. The van der Waals surface area contributed by atoms with Crippen molar-refractivity contribution in [2.24, 2.45) is 5.92 Å². The number of sulfonamides is 1. The Morgan fingerprint density at radius 3 is 2.50 bits per heavy atom. The van der Waals surface area contributed by atoms with Gasteiger partial charge in [-0.05, 0) is 24.6 Å². The second-order valence-corrected chi connectivity index (χ2v) is 7.26. The van der Waals surface area contributed by atoms with Crippen LogP contribution in [0.4, 0.5) is 5.69 Å². The van der Waals surface area contributed by atoms with E-state index in [0.717, 1.165) is 9.87 Å². The van der Waals surface area contributed by atoms with E-state index in [0.29, 0.717) is 18.8 Å². The fourth-order valence-electron chi connectivity index (χ4n) is 1.82. The number of anilines is 1. The van der Waals surface area contributed by atoms with E-state index in [-0.39, 0.29) is 16.7 Å². The van der Waals surface area contributed by atoms with Crippen molar-refractivity contribution in [1.29, 1.82) is 0 Å². The third kappa shape index (κ3) is 2.84. The highest BCUT2D eigenvalue weighted by Crippen LogP contribution is 2.22. The summed E-state index contributed by atoms with van der Waals surface area (Å²) in [7, 11) is -0.535. The van der Waals surface area contributed by atoms with Crippen molar-refractivity contribution in [3.8, 4) is 0 Å². The molecule has 0 aliphatic carbocycles. The predicted octanol–water partition coefficient (Wildman–Crippen LogP) is 0.403. The van der Waals surface area contributed by atoms with Crippen molar-refractivity contribution in [1.82, 2.24) is 9.62 Å². The fourth-order valence-corrected chi connectivity index (χ4v) is 2.74. The first-order valence-corrected chi connectivity index (χ1v) is 7.81. The molecule has 1 aliphatic heterocycles. The molecule has 1 aromatic rings. The summed E-state index contributed by atoms with van der Waals surface area (Å²) in [6, 6.07) is 4.75. The molecule has 0 bridgehead atoms. The summed E-state index contributed by atoms with van der Waals surface area (Å²) >= 11 is 0. The average molecular weight is 297 g/mol. The van der Waals surface area contributed by atoms with Crippen LogP contribution in [-0.4, -0.2) is 45.8 Å². The van der Waals surface area contributed by atoms with Gasteiger partial charge in [0.1, 0.15) is 0 Å². The smallest absolute Gasteiger partial charge is 0.242 e. The average Bonchev–Trinajstić information content (AvgIpc) is 2.29. The molecule has 6 nitrogen and oxygen atoms in total. The largest absolute Gasteiger partial charge is 0.325 e. The fraction of sp³-hybridized carbons (Fsp3) is 0.462. The molecule has 20 heavy (non-hydrogen) atoms. The number of nitrogens with one attached hydrogen (secondary N) is 2. The van der Waals surface area contributed by atoms with E-state index in [2.05, 4.69) is 10.6 Å². The number of aryl methyl sites for hydroxylation is 1. The quantitative estimate of drug-likeness (QED) is 0.843. The first-order chi connectivity index (χ1) is 9.32. The molecule has 0 saturated carbocycles. The van der Waals surface area contributed by atoms with Gasteiger partial charge in [0.15, 0.2) is 0 Å². The Balaban J connectivity index is 2.27. The van der Waals surface area contributed by atoms with Crippen LogP contribution in [0.3, 0.4) is 0 Å². The number of hydrogen-bond acceptors (Lipinski definition) is 4. The predicted molar refractivity (Wildman–Crippen MR) is 77.0 cm³/mol. The maximum absolute atomic E-state index is 12.1. The normalized spacial score (nSPS) is 16.0. The van der Waals surface area contributed by atoms with Gasteiger partial charge in [0.05, 0.1) is 10.8 Å². The second kappa shape index (κ2) is 5.51. The number of carbonyl (C=O) groups excluding carboxylic acids is 1. The summed E-state index contributed by atoms with van der Waals surface area (Å²) in [5.74, 6) is -0.116. The highest BCUT2D eigenvalue weighted by atomic mass is 32.2. The van der Waals surface area contributed by atoms with Crippen LogP contribution in [0.15, 0.2) is 23.1 Å². The number of nitrogens with zero attached hydrogens (tertiary/aromatic N) is 1. The molecule has 1 heterocycles. The summed E-state index contributed by atoms with van der Waals surface area (Å²) in [5, 5.41) is 5.83. The van der Waals surface area contributed by atoms with Gasteiger partial charge in [-0.2, -0.15) is 0 Å². The number of benzene rings is 1. The van der Waals surface area contributed by atoms with Crippen LogP contribution in [0.1, 0.15) is 5.56 Å². The minimum Gasteiger partial charge on any atom is -0.325 e. The van der Waals surface area contributed by atoms with Crippen molar-refractivity contribution in [3.05, 3.63) is 23.8 Å². The Kier molecular flexibility index (Phi) is 4.12. The molecule has 2 rings (SSSR count). The van der Waals surface area contributed by atoms with Crippen molar-refractivity contribution < 1.29 is 13.2 Å². The molecule has 1 aromatic carbocycles. The van der Waals surface area contributed by atoms with Crippen molar-refractivity contribution in [3.63, 3.8) is 0 Å². The summed E-state index contributed by atoms with van der Waals surface area (Å²) in [4.78, 5) is 12.1. The van der Waals surface area contributed by atoms with Crippen LogP contribution < -0.4 is 10.6 Å². The van der Waals surface area contributed by atoms with Gasteiger partial charge in [0.2, 0.25) is 15.9 Å². The summed E-state index contributed by atoms with van der Waals surface area (Å²) in [6.45, 7) is 3.17. The van der Waals surface area contributed by atoms with E-state index in [1.165, 1.54) is 20.2 Å². The topological polar surface area (TPSA) is 78.5 Å². The molecule has 1 aliphatic rings. The lowest BCUT2D eigenvalue weighted by Gasteiger charge is -2.26. The maximum atomic E-state index is 12.1. The second-order valence-electron chi connectivity index (χ2n) is 5.11. The van der Waals surface area contributed by atoms with Gasteiger partial charge in [0.25, 0.3) is 0 Å². The SMILES string of the molecule is Cc1ccc(S(=O)(=O)N(C)C)cc1NC(=O)C1CNC1. The van der Waals surface area contributed by atoms with Gasteiger partial charge in [-0.3, -0.25) is 4.79 Å². The lowest BCUT2D eigenvalue weighted by Crippen LogP contribution is -2.48. The van der Waals surface area contributed by atoms with Gasteiger partial charge in [-0.25, -0.2) is 12.7 Å². The van der Waals surface area contributed by atoms with Crippen molar-refractivity contribution in [2.75, 3.05) is 32.5 Å². The van der Waals surface area contributed by atoms with E-state index < -0.39 is 10.0 Å². The van der Waals surface area contributed by atoms with E-state index in [4.69, 9.17) is 0 Å². The van der Waals surface area contributed by atoms with Crippen molar-refractivity contribution >= 4 is 21.6 Å². The first-order valence-electron chi connectivity index (χ1n) is 6.37. The van der Waals surface area contributed by atoms with E-state index in [1.807, 2.05) is 6.92 Å². The molecule has 110 valence electrons. The number of carbonyl (C=O) groups is 1. The monoisotopic (exact) mass is 297 g/mol. The highest BCUT2D eigenvalue weighted by molar-refractivity contribution is 7.89. The van der Waals surface area contributed by atoms with E-state index in [1.54, 1.807) is 12.1 Å². The van der Waals surface area contributed by atoms with Gasteiger partial charge in [0, 0.05) is 32.9 Å². The van der Waals surface area contributed by atoms with Gasteiger partial charge in [-0.1, -0.05) is 6.07 Å². The van der Waals surface area contributed by atoms with Crippen molar-refractivity contribution in [2.45, 2.75) is 11.8 Å². The van der Waals surface area contributed by atoms with Gasteiger partial charge < -0.3 is 10.6 Å². The lowest BCUT2D eigenvalue weighted by atomic mass is 10.0. The third-order valence-electron chi connectivity index (χ3n) is 3.40. The molecule has 0 spiro atoms. The zero-order chi connectivity index (χ0) is 14.9. The summed E-state index contributed by atoms with van der Waals surface area (Å²) < 4.78 is 25.3. The molecule has 1 saturated heterocycles. The minimum absolute atomic E-state index is 0.0384. The Hall–Kier alpha value is -1.44. The Bertz CT molecular complexity index is 622. The summed E-state index contributed by atoms with van der Waals surface area (Å²) in [5.41, 5.74) is 1.38. The Morgan fingerprint density at radius 2 is 2.00 bits per heavy atom. The molecule has 0 atom stereocenters. The minimum atomic E-state index is -3.49. The molecule has 1 fully saturated rings. The molecule has 0 unspecified atom stereocenters. The lowest BCUT2D eigenvalue weighted by molar-refractivity contribution is -0.121. The van der Waals surface area contributed by atoms with Crippen LogP contribution in [0.2, 0.25) is 0 Å². The van der Waals surface area contributed by atoms with Crippen LogP contribution >= 0.6 is 0 Å².